The molecule has 2 aromatic heterocycles. The third-order valence-corrected chi connectivity index (χ3v) is 4.47. The molecule has 0 unspecified atom stereocenters. The highest BCUT2D eigenvalue weighted by Gasteiger charge is 2.26. The summed E-state index contributed by atoms with van der Waals surface area (Å²) in [6, 6.07) is 11.8. The molecule has 1 amide bonds. The van der Waals surface area contributed by atoms with E-state index in [2.05, 4.69) is 9.97 Å². The molecule has 4 nitrogen and oxygen atoms in total. The van der Waals surface area contributed by atoms with E-state index >= 15 is 0 Å². The second kappa shape index (κ2) is 4.38. The molecule has 5 heteroatoms. The highest BCUT2D eigenvalue weighted by Crippen LogP contribution is 2.26. The molecule has 3 heterocycles. The van der Waals surface area contributed by atoms with Crippen LogP contribution in [0.4, 0.5) is 0 Å². The van der Waals surface area contributed by atoms with E-state index in [-0.39, 0.29) is 5.91 Å². The van der Waals surface area contributed by atoms with Crippen LogP contribution in [0, 0.1) is 0 Å². The van der Waals surface area contributed by atoms with Crippen LogP contribution in [0.2, 0.25) is 0 Å². The first kappa shape index (κ1) is 11.5. The van der Waals surface area contributed by atoms with Gasteiger partial charge in [-0.25, -0.2) is 4.98 Å². The number of carbonyl (C=O) groups excluding carboxylic acids is 1. The monoisotopic (exact) mass is 281 g/mol. The van der Waals surface area contributed by atoms with Crippen LogP contribution in [0.15, 0.2) is 42.6 Å². The molecule has 0 N–H and O–H groups in total. The van der Waals surface area contributed by atoms with Crippen molar-refractivity contribution in [3.63, 3.8) is 0 Å². The van der Waals surface area contributed by atoms with Crippen LogP contribution in [0.5, 0.6) is 0 Å². The number of pyridine rings is 1. The van der Waals surface area contributed by atoms with E-state index in [9.17, 15) is 4.79 Å². The Bertz CT molecular complexity index is 753. The van der Waals surface area contributed by atoms with Gasteiger partial charge in [0.25, 0.3) is 5.91 Å². The van der Waals surface area contributed by atoms with Crippen LogP contribution < -0.4 is 0 Å². The SMILES string of the molecule is O=C(c1nc2ccccc2s1)N1Cc2cccnc2C1. The first-order valence-electron chi connectivity index (χ1n) is 6.39. The summed E-state index contributed by atoms with van der Waals surface area (Å²) in [5.74, 6) is -0.0100. The van der Waals surface area contributed by atoms with Crippen molar-refractivity contribution in [3.8, 4) is 0 Å². The fourth-order valence-corrected chi connectivity index (χ4v) is 3.38. The predicted octanol–water partition coefficient (Wildman–Crippen LogP) is 2.85. The van der Waals surface area contributed by atoms with Gasteiger partial charge in [0, 0.05) is 12.7 Å². The Kier molecular flexibility index (Phi) is 2.53. The van der Waals surface area contributed by atoms with Gasteiger partial charge >= 0.3 is 0 Å². The minimum atomic E-state index is -0.0100. The quantitative estimate of drug-likeness (QED) is 0.689. The van der Waals surface area contributed by atoms with Crippen molar-refractivity contribution in [1.82, 2.24) is 14.9 Å². The van der Waals surface area contributed by atoms with Gasteiger partial charge in [0.2, 0.25) is 0 Å². The highest BCUT2D eigenvalue weighted by atomic mass is 32.1. The van der Waals surface area contributed by atoms with Gasteiger partial charge in [0.15, 0.2) is 5.01 Å². The number of amides is 1. The zero-order chi connectivity index (χ0) is 13.5. The minimum Gasteiger partial charge on any atom is -0.326 e. The molecule has 0 fully saturated rings. The minimum absolute atomic E-state index is 0.0100. The number of carbonyl (C=O) groups is 1. The summed E-state index contributed by atoms with van der Waals surface area (Å²) in [6.07, 6.45) is 1.77. The lowest BCUT2D eigenvalue weighted by Crippen LogP contribution is -2.25. The third-order valence-electron chi connectivity index (χ3n) is 3.45. The van der Waals surface area contributed by atoms with Gasteiger partial charge in [-0.15, -0.1) is 11.3 Å². The molecule has 0 saturated carbocycles. The van der Waals surface area contributed by atoms with Gasteiger partial charge in [0.05, 0.1) is 22.5 Å². The molecule has 0 aliphatic carbocycles. The molecule has 3 aromatic rings. The van der Waals surface area contributed by atoms with Gasteiger partial charge in [0.1, 0.15) is 0 Å². The molecule has 1 aliphatic rings. The van der Waals surface area contributed by atoms with Crippen LogP contribution in [0.3, 0.4) is 0 Å². The Balaban J connectivity index is 1.65. The summed E-state index contributed by atoms with van der Waals surface area (Å²) in [7, 11) is 0. The van der Waals surface area contributed by atoms with Crippen molar-refractivity contribution < 1.29 is 4.79 Å². The molecular formula is C15H11N3OS. The van der Waals surface area contributed by atoms with Crippen molar-refractivity contribution >= 4 is 27.5 Å². The van der Waals surface area contributed by atoms with Gasteiger partial charge in [-0.05, 0) is 23.8 Å². The van der Waals surface area contributed by atoms with Gasteiger partial charge < -0.3 is 4.90 Å². The number of fused-ring (bicyclic) bond motifs is 2. The summed E-state index contributed by atoms with van der Waals surface area (Å²) in [5, 5.41) is 0.555. The Morgan fingerprint density at radius 1 is 1.15 bits per heavy atom. The largest absolute Gasteiger partial charge is 0.326 e. The predicted molar refractivity (Wildman–Crippen MR) is 77.4 cm³/mol. The lowest BCUT2D eigenvalue weighted by molar-refractivity contribution is 0.0750. The molecule has 98 valence electrons. The summed E-state index contributed by atoms with van der Waals surface area (Å²) >= 11 is 1.45. The first-order chi connectivity index (χ1) is 9.81. The zero-order valence-electron chi connectivity index (χ0n) is 10.6. The number of para-hydroxylation sites is 1. The molecule has 0 spiro atoms. The Hall–Kier alpha value is -2.27. The van der Waals surface area contributed by atoms with E-state index in [0.29, 0.717) is 18.1 Å². The Morgan fingerprint density at radius 2 is 2.05 bits per heavy atom. The standard InChI is InChI=1S/C15H11N3OS/c19-15(14-17-11-5-1-2-6-13(11)20-14)18-8-10-4-3-7-16-12(10)9-18/h1-7H,8-9H2. The average Bonchev–Trinajstić information content (AvgIpc) is 3.10. The second-order valence-corrected chi connectivity index (χ2v) is 5.79. The zero-order valence-corrected chi connectivity index (χ0v) is 11.4. The number of nitrogens with zero attached hydrogens (tertiary/aromatic N) is 3. The number of aromatic nitrogens is 2. The molecule has 4 rings (SSSR count). The van der Waals surface area contributed by atoms with Crippen LogP contribution in [0.1, 0.15) is 21.1 Å². The molecule has 1 aliphatic heterocycles. The molecule has 0 saturated heterocycles. The summed E-state index contributed by atoms with van der Waals surface area (Å²) in [4.78, 5) is 23.1. The van der Waals surface area contributed by atoms with Crippen molar-refractivity contribution in [3.05, 3.63) is 58.9 Å². The highest BCUT2D eigenvalue weighted by molar-refractivity contribution is 7.20. The molecule has 20 heavy (non-hydrogen) atoms. The van der Waals surface area contributed by atoms with Crippen molar-refractivity contribution in [2.45, 2.75) is 13.1 Å². The van der Waals surface area contributed by atoms with Gasteiger partial charge in [-0.1, -0.05) is 18.2 Å². The maximum Gasteiger partial charge on any atom is 0.283 e. The van der Waals surface area contributed by atoms with E-state index < -0.39 is 0 Å². The average molecular weight is 281 g/mol. The van der Waals surface area contributed by atoms with Crippen molar-refractivity contribution in [2.24, 2.45) is 0 Å². The molecule has 0 bridgehead atoms. The van der Waals surface area contributed by atoms with Crippen molar-refractivity contribution in [1.29, 1.82) is 0 Å². The van der Waals surface area contributed by atoms with Crippen LogP contribution in [-0.2, 0) is 13.1 Å². The number of benzene rings is 1. The smallest absolute Gasteiger partial charge is 0.283 e. The van der Waals surface area contributed by atoms with Crippen LogP contribution >= 0.6 is 11.3 Å². The first-order valence-corrected chi connectivity index (χ1v) is 7.20. The number of rotatable bonds is 1. The third kappa shape index (κ3) is 1.78. The van der Waals surface area contributed by atoms with E-state index in [1.165, 1.54) is 11.3 Å². The molecular weight excluding hydrogens is 270 g/mol. The number of thiazole rings is 1. The topological polar surface area (TPSA) is 46.1 Å². The van der Waals surface area contributed by atoms with E-state index in [1.54, 1.807) is 11.1 Å². The van der Waals surface area contributed by atoms with Crippen LogP contribution in [-0.4, -0.2) is 20.8 Å². The summed E-state index contributed by atoms with van der Waals surface area (Å²) < 4.78 is 1.05. The Labute approximate surface area is 119 Å². The van der Waals surface area contributed by atoms with E-state index in [4.69, 9.17) is 0 Å². The van der Waals surface area contributed by atoms with Gasteiger partial charge in [-0.3, -0.25) is 9.78 Å². The van der Waals surface area contributed by atoms with Crippen LogP contribution in [0.25, 0.3) is 10.2 Å². The maximum atomic E-state index is 12.5. The van der Waals surface area contributed by atoms with Crippen molar-refractivity contribution in [2.75, 3.05) is 0 Å². The van der Waals surface area contributed by atoms with E-state index in [0.717, 1.165) is 21.5 Å². The maximum absolute atomic E-state index is 12.5. The molecule has 0 atom stereocenters. The Morgan fingerprint density at radius 3 is 2.90 bits per heavy atom. The lowest BCUT2D eigenvalue weighted by atomic mass is 10.2. The normalized spacial score (nSPS) is 13.7. The van der Waals surface area contributed by atoms with Gasteiger partial charge in [-0.2, -0.15) is 0 Å². The lowest BCUT2D eigenvalue weighted by Gasteiger charge is -2.12. The van der Waals surface area contributed by atoms with E-state index in [1.807, 2.05) is 36.4 Å². The molecule has 1 aromatic carbocycles. The summed E-state index contributed by atoms with van der Waals surface area (Å²) in [5.41, 5.74) is 3.00. The fourth-order valence-electron chi connectivity index (χ4n) is 2.44. The number of hydrogen-bond donors (Lipinski definition) is 0. The fraction of sp³-hybridized carbons (Fsp3) is 0.133. The number of hydrogen-bond acceptors (Lipinski definition) is 4. The molecule has 0 radical (unpaired) electrons. The summed E-state index contributed by atoms with van der Waals surface area (Å²) in [6.45, 7) is 1.20. The second-order valence-electron chi connectivity index (χ2n) is 4.76.